The van der Waals surface area contributed by atoms with Gasteiger partial charge in [-0.2, -0.15) is 0 Å². The van der Waals surface area contributed by atoms with E-state index >= 15 is 0 Å². The normalized spacial score (nSPS) is 27.6. The van der Waals surface area contributed by atoms with Crippen LogP contribution < -0.4 is 5.32 Å². The highest BCUT2D eigenvalue weighted by Gasteiger charge is 2.44. The zero-order valence-electron chi connectivity index (χ0n) is 13.3. The van der Waals surface area contributed by atoms with Gasteiger partial charge in [0.1, 0.15) is 6.33 Å². The third-order valence-corrected chi connectivity index (χ3v) is 5.86. The fourth-order valence-corrected chi connectivity index (χ4v) is 4.39. The summed E-state index contributed by atoms with van der Waals surface area (Å²) in [4.78, 5) is 8.90. The van der Waals surface area contributed by atoms with Crippen molar-refractivity contribution in [2.45, 2.75) is 43.7 Å². The van der Waals surface area contributed by atoms with E-state index in [0.717, 1.165) is 22.9 Å². The largest absolute Gasteiger partial charge is 0.361 e. The summed E-state index contributed by atoms with van der Waals surface area (Å²) in [6, 6.07) is 9.61. The first kappa shape index (κ1) is 12.9. The first-order valence-electron chi connectivity index (χ1n) is 8.80. The van der Waals surface area contributed by atoms with Gasteiger partial charge >= 0.3 is 0 Å². The Bertz CT molecular complexity index is 938. The van der Waals surface area contributed by atoms with E-state index in [1.165, 1.54) is 36.8 Å². The van der Waals surface area contributed by atoms with Crippen molar-refractivity contribution in [3.63, 3.8) is 0 Å². The molecule has 1 aromatic carbocycles. The number of benzene rings is 1. The lowest BCUT2D eigenvalue weighted by atomic mass is 9.60. The number of anilines is 1. The Morgan fingerprint density at radius 3 is 2.71 bits per heavy atom. The number of aromatic nitrogens is 5. The molecule has 2 heterocycles. The van der Waals surface area contributed by atoms with Gasteiger partial charge in [0.15, 0.2) is 17.0 Å². The molecular formula is C18H18N6. The van der Waals surface area contributed by atoms with Crippen LogP contribution in [0.1, 0.15) is 54.8 Å². The van der Waals surface area contributed by atoms with Crippen LogP contribution in [0.3, 0.4) is 0 Å². The Balaban J connectivity index is 1.42. The van der Waals surface area contributed by atoms with E-state index in [1.54, 1.807) is 6.33 Å². The topological polar surface area (TPSA) is 68.5 Å². The van der Waals surface area contributed by atoms with Crippen LogP contribution in [0.2, 0.25) is 0 Å². The molecule has 24 heavy (non-hydrogen) atoms. The number of hydrogen-bond donors (Lipinski definition) is 1. The van der Waals surface area contributed by atoms with Crippen LogP contribution in [0.15, 0.2) is 30.6 Å². The number of fused-ring (bicyclic) bond motifs is 1. The van der Waals surface area contributed by atoms with Crippen molar-refractivity contribution >= 4 is 17.0 Å². The lowest BCUT2D eigenvalue weighted by molar-refractivity contribution is 0.205. The highest BCUT2D eigenvalue weighted by molar-refractivity contribution is 5.82. The molecule has 120 valence electrons. The highest BCUT2D eigenvalue weighted by Crippen LogP contribution is 2.55. The van der Waals surface area contributed by atoms with Gasteiger partial charge in [0.2, 0.25) is 0 Å². The molecule has 0 aliphatic heterocycles. The van der Waals surface area contributed by atoms with Crippen molar-refractivity contribution in [3.8, 4) is 0 Å². The Hall–Kier alpha value is -2.50. The van der Waals surface area contributed by atoms with E-state index < -0.39 is 0 Å². The molecule has 6 nitrogen and oxygen atoms in total. The third kappa shape index (κ3) is 1.71. The first-order valence-corrected chi connectivity index (χ1v) is 8.80. The van der Waals surface area contributed by atoms with Crippen LogP contribution in [0, 0.1) is 5.92 Å². The third-order valence-electron chi connectivity index (χ3n) is 5.86. The quantitative estimate of drug-likeness (QED) is 0.803. The minimum atomic E-state index is 0.315. The summed E-state index contributed by atoms with van der Waals surface area (Å²) in [5.41, 5.74) is 4.57. The number of rotatable bonds is 3. The smallest absolute Gasteiger partial charge is 0.184 e. The van der Waals surface area contributed by atoms with Gasteiger partial charge in [0.25, 0.3) is 0 Å². The zero-order valence-corrected chi connectivity index (χ0v) is 13.3. The van der Waals surface area contributed by atoms with Crippen LogP contribution >= 0.6 is 0 Å². The van der Waals surface area contributed by atoms with E-state index in [4.69, 9.17) is 0 Å². The van der Waals surface area contributed by atoms with Crippen LogP contribution in [0.25, 0.3) is 11.2 Å². The lowest BCUT2D eigenvalue weighted by Gasteiger charge is -2.48. The van der Waals surface area contributed by atoms with Gasteiger partial charge in [0, 0.05) is 0 Å². The number of nitrogens with zero attached hydrogens (tertiary/aromatic N) is 5. The van der Waals surface area contributed by atoms with Crippen LogP contribution in [0.5, 0.6) is 0 Å². The predicted molar refractivity (Wildman–Crippen MR) is 89.7 cm³/mol. The van der Waals surface area contributed by atoms with Gasteiger partial charge in [-0.15, -0.1) is 5.10 Å². The molecule has 2 saturated carbocycles. The van der Waals surface area contributed by atoms with Crippen molar-refractivity contribution < 1.29 is 0 Å². The predicted octanol–water partition coefficient (Wildman–Crippen LogP) is 3.22. The standard InChI is InChI=1S/C18H18N6/c1-2-4-14-13(3-1)10-7-11(8-10)15(14)21-17-16-18(20-9-19-17)24(23-22-16)12-5-6-12/h1-4,9-12,15H,5-8H2,(H,19,20,21). The second-order valence-electron chi connectivity index (χ2n) is 7.34. The Morgan fingerprint density at radius 1 is 1.04 bits per heavy atom. The van der Waals surface area contributed by atoms with E-state index in [0.29, 0.717) is 18.0 Å². The molecule has 4 aliphatic carbocycles. The van der Waals surface area contributed by atoms with Crippen LogP contribution in [-0.2, 0) is 0 Å². The van der Waals surface area contributed by atoms with Crippen LogP contribution in [-0.4, -0.2) is 25.0 Å². The molecule has 6 heteroatoms. The Morgan fingerprint density at radius 2 is 1.88 bits per heavy atom. The summed E-state index contributed by atoms with van der Waals surface area (Å²) < 4.78 is 1.95. The first-order chi connectivity index (χ1) is 11.9. The van der Waals surface area contributed by atoms with Gasteiger partial charge in [-0.3, -0.25) is 0 Å². The highest BCUT2D eigenvalue weighted by atomic mass is 15.5. The van der Waals surface area contributed by atoms with Gasteiger partial charge in [-0.05, 0) is 48.6 Å². The second kappa shape index (κ2) is 4.53. The molecule has 2 fully saturated rings. The molecule has 1 unspecified atom stereocenters. The van der Waals surface area contributed by atoms with Crippen molar-refractivity contribution in [1.82, 2.24) is 25.0 Å². The van der Waals surface area contributed by atoms with Crippen molar-refractivity contribution in [2.75, 3.05) is 5.32 Å². The second-order valence-corrected chi connectivity index (χ2v) is 7.34. The number of nitrogens with one attached hydrogen (secondary N) is 1. The molecule has 7 rings (SSSR count). The zero-order chi connectivity index (χ0) is 15.7. The van der Waals surface area contributed by atoms with E-state index in [1.807, 2.05) is 4.68 Å². The summed E-state index contributed by atoms with van der Waals surface area (Å²) in [7, 11) is 0. The molecule has 1 atom stereocenters. The molecule has 3 aromatic rings. The maximum Gasteiger partial charge on any atom is 0.184 e. The number of hydrogen-bond acceptors (Lipinski definition) is 5. The van der Waals surface area contributed by atoms with Crippen molar-refractivity contribution in [2.24, 2.45) is 5.92 Å². The van der Waals surface area contributed by atoms with Gasteiger partial charge in [-0.1, -0.05) is 29.5 Å². The van der Waals surface area contributed by atoms with Crippen molar-refractivity contribution in [1.29, 1.82) is 0 Å². The molecule has 4 aliphatic rings. The summed E-state index contributed by atoms with van der Waals surface area (Å²) in [6.07, 6.45) is 6.52. The fourth-order valence-electron chi connectivity index (χ4n) is 4.39. The summed E-state index contributed by atoms with van der Waals surface area (Å²) in [5, 5.41) is 12.3. The maximum absolute atomic E-state index is 4.48. The molecular weight excluding hydrogens is 300 g/mol. The Kier molecular flexibility index (Phi) is 2.43. The molecule has 2 aromatic heterocycles. The van der Waals surface area contributed by atoms with Gasteiger partial charge < -0.3 is 5.32 Å². The average Bonchev–Trinajstić information content (AvgIpc) is 3.33. The summed E-state index contributed by atoms with van der Waals surface area (Å²) in [5.74, 6) is 2.26. The van der Waals surface area contributed by atoms with Gasteiger partial charge in [0.05, 0.1) is 12.1 Å². The molecule has 0 spiro atoms. The van der Waals surface area contributed by atoms with E-state index in [2.05, 4.69) is 49.9 Å². The van der Waals surface area contributed by atoms with E-state index in [9.17, 15) is 0 Å². The monoisotopic (exact) mass is 318 g/mol. The lowest BCUT2D eigenvalue weighted by Crippen LogP contribution is -2.38. The molecule has 0 amide bonds. The summed E-state index contributed by atoms with van der Waals surface area (Å²) >= 11 is 0. The maximum atomic E-state index is 4.48. The van der Waals surface area contributed by atoms with E-state index in [-0.39, 0.29) is 0 Å². The Labute approximate surface area is 139 Å². The summed E-state index contributed by atoms with van der Waals surface area (Å²) in [6.45, 7) is 0. The average molecular weight is 318 g/mol. The van der Waals surface area contributed by atoms with Crippen LogP contribution in [0.4, 0.5) is 5.82 Å². The fraction of sp³-hybridized carbons (Fsp3) is 0.444. The minimum Gasteiger partial charge on any atom is -0.361 e. The molecule has 0 radical (unpaired) electrons. The molecule has 2 bridgehead atoms. The molecule has 0 saturated heterocycles. The van der Waals surface area contributed by atoms with Crippen molar-refractivity contribution in [3.05, 3.63) is 41.7 Å². The minimum absolute atomic E-state index is 0.315. The SMILES string of the molecule is c1ccc2c(c1)C1CC(C1)C2Nc1ncnc2c1nnn2C1CC1. The molecule has 1 N–H and O–H groups in total. The van der Waals surface area contributed by atoms with Gasteiger partial charge in [-0.25, -0.2) is 14.6 Å².